The Kier molecular flexibility index (Phi) is 5.19. The van der Waals surface area contributed by atoms with Crippen LogP contribution in [-0.2, 0) is 36.0 Å². The summed E-state index contributed by atoms with van der Waals surface area (Å²) in [6.07, 6.45) is 1.73. The van der Waals surface area contributed by atoms with Gasteiger partial charge in [0.15, 0.2) is 5.69 Å². The first-order chi connectivity index (χ1) is 15.1. The molecule has 2 aliphatic rings. The Morgan fingerprint density at radius 3 is 2.77 bits per heavy atom. The molecule has 0 unspecified atom stereocenters. The Morgan fingerprint density at radius 2 is 1.94 bits per heavy atom. The molecule has 162 valence electrons. The maximum atomic E-state index is 13.2. The normalized spacial score (nSPS) is 16.5. The standard InChI is InChI=1S/C22H26N6O3/c1-26-19-8-9-28(22(30)21-15-4-2-3-5-17(15)23-24-21)14-16(19)18(25-26)6-7-20(29)27-10-12-31-13-11-27/h2-5H,6-14H2,1H3,(H,23,24). The number of para-hydroxylation sites is 1. The van der Waals surface area contributed by atoms with Crippen LogP contribution in [-0.4, -0.2) is 74.4 Å². The topological polar surface area (TPSA) is 96.3 Å². The highest BCUT2D eigenvalue weighted by Crippen LogP contribution is 2.26. The van der Waals surface area contributed by atoms with E-state index in [-0.39, 0.29) is 11.8 Å². The summed E-state index contributed by atoms with van der Waals surface area (Å²) in [5, 5.41) is 12.7. The van der Waals surface area contributed by atoms with E-state index in [2.05, 4.69) is 15.3 Å². The van der Waals surface area contributed by atoms with Gasteiger partial charge in [-0.1, -0.05) is 18.2 Å². The van der Waals surface area contributed by atoms with Crippen LogP contribution in [0.4, 0.5) is 0 Å². The van der Waals surface area contributed by atoms with Crippen LogP contribution in [0.1, 0.15) is 33.9 Å². The number of aromatic amines is 1. The summed E-state index contributed by atoms with van der Waals surface area (Å²) in [5.41, 5.74) is 4.42. The number of fused-ring (bicyclic) bond motifs is 2. The fourth-order valence-corrected chi connectivity index (χ4v) is 4.52. The van der Waals surface area contributed by atoms with Crippen molar-refractivity contribution in [2.24, 2.45) is 7.05 Å². The molecule has 1 saturated heterocycles. The van der Waals surface area contributed by atoms with E-state index < -0.39 is 0 Å². The third-order valence-corrected chi connectivity index (χ3v) is 6.23. The van der Waals surface area contributed by atoms with Crippen LogP contribution in [0.5, 0.6) is 0 Å². The van der Waals surface area contributed by atoms with Gasteiger partial charge in [0.2, 0.25) is 5.91 Å². The van der Waals surface area contributed by atoms with Crippen molar-refractivity contribution < 1.29 is 14.3 Å². The monoisotopic (exact) mass is 422 g/mol. The van der Waals surface area contributed by atoms with Crippen LogP contribution in [0.25, 0.3) is 10.9 Å². The van der Waals surface area contributed by atoms with Gasteiger partial charge < -0.3 is 14.5 Å². The number of carbonyl (C=O) groups is 2. The predicted octanol–water partition coefficient (Wildman–Crippen LogP) is 1.29. The Bertz CT molecular complexity index is 1130. The molecule has 0 radical (unpaired) electrons. The number of aryl methyl sites for hydroxylation is 2. The molecular formula is C22H26N6O3. The van der Waals surface area contributed by atoms with Gasteiger partial charge in [-0.05, 0) is 6.07 Å². The van der Waals surface area contributed by atoms with Gasteiger partial charge in [-0.3, -0.25) is 19.4 Å². The zero-order chi connectivity index (χ0) is 21.4. The molecule has 0 aliphatic carbocycles. The van der Waals surface area contributed by atoms with Gasteiger partial charge in [0, 0.05) is 69.1 Å². The highest BCUT2D eigenvalue weighted by Gasteiger charge is 2.29. The highest BCUT2D eigenvalue weighted by molar-refractivity contribution is 6.04. The van der Waals surface area contributed by atoms with E-state index in [4.69, 9.17) is 4.74 Å². The second kappa shape index (κ2) is 8.14. The molecule has 3 aromatic rings. The van der Waals surface area contributed by atoms with E-state index in [0.29, 0.717) is 57.9 Å². The molecule has 1 N–H and O–H groups in total. The molecule has 0 atom stereocenters. The van der Waals surface area contributed by atoms with E-state index in [1.54, 1.807) is 0 Å². The van der Waals surface area contributed by atoms with E-state index in [0.717, 1.165) is 34.3 Å². The molecule has 31 heavy (non-hydrogen) atoms. The highest BCUT2D eigenvalue weighted by atomic mass is 16.5. The lowest BCUT2D eigenvalue weighted by Gasteiger charge is -2.28. The van der Waals surface area contributed by atoms with Gasteiger partial charge >= 0.3 is 0 Å². The van der Waals surface area contributed by atoms with Crippen LogP contribution in [0.2, 0.25) is 0 Å². The molecule has 0 bridgehead atoms. The molecular weight excluding hydrogens is 396 g/mol. The fourth-order valence-electron chi connectivity index (χ4n) is 4.52. The minimum absolute atomic E-state index is 0.0812. The van der Waals surface area contributed by atoms with Crippen LogP contribution < -0.4 is 0 Å². The summed E-state index contributed by atoms with van der Waals surface area (Å²) in [7, 11) is 1.94. The zero-order valence-corrected chi connectivity index (χ0v) is 17.6. The Morgan fingerprint density at radius 1 is 1.13 bits per heavy atom. The third-order valence-electron chi connectivity index (χ3n) is 6.23. The maximum absolute atomic E-state index is 13.2. The van der Waals surface area contributed by atoms with Crippen molar-refractivity contribution in [1.29, 1.82) is 0 Å². The maximum Gasteiger partial charge on any atom is 0.275 e. The fraction of sp³-hybridized carbons (Fsp3) is 0.455. The van der Waals surface area contributed by atoms with Crippen molar-refractivity contribution in [1.82, 2.24) is 29.8 Å². The minimum Gasteiger partial charge on any atom is -0.378 e. The summed E-state index contributed by atoms with van der Waals surface area (Å²) < 4.78 is 7.23. The van der Waals surface area contributed by atoms with E-state index in [9.17, 15) is 9.59 Å². The van der Waals surface area contributed by atoms with Crippen molar-refractivity contribution in [2.45, 2.75) is 25.8 Å². The number of rotatable bonds is 4. The molecule has 0 spiro atoms. The van der Waals surface area contributed by atoms with Crippen molar-refractivity contribution in [3.05, 3.63) is 46.9 Å². The number of amides is 2. The number of aromatic nitrogens is 4. The molecule has 4 heterocycles. The number of benzene rings is 1. The van der Waals surface area contributed by atoms with Crippen LogP contribution >= 0.6 is 0 Å². The number of morpholine rings is 1. The Balaban J connectivity index is 1.32. The van der Waals surface area contributed by atoms with Gasteiger partial charge in [-0.15, -0.1) is 0 Å². The molecule has 9 heteroatoms. The summed E-state index contributed by atoms with van der Waals surface area (Å²) >= 11 is 0. The summed E-state index contributed by atoms with van der Waals surface area (Å²) in [4.78, 5) is 29.5. The molecule has 5 rings (SSSR count). The minimum atomic E-state index is -0.0812. The lowest BCUT2D eigenvalue weighted by molar-refractivity contribution is -0.135. The molecule has 0 saturated carbocycles. The lowest BCUT2D eigenvalue weighted by atomic mass is 10.0. The number of carbonyl (C=O) groups excluding carboxylic acids is 2. The molecule has 1 aromatic carbocycles. The third kappa shape index (κ3) is 3.69. The number of hydrogen-bond donors (Lipinski definition) is 1. The van der Waals surface area contributed by atoms with Crippen LogP contribution in [0.3, 0.4) is 0 Å². The van der Waals surface area contributed by atoms with Gasteiger partial charge in [0.25, 0.3) is 5.91 Å². The van der Waals surface area contributed by atoms with Gasteiger partial charge in [0.1, 0.15) is 0 Å². The molecule has 2 aliphatic heterocycles. The van der Waals surface area contributed by atoms with Crippen LogP contribution in [0.15, 0.2) is 24.3 Å². The van der Waals surface area contributed by atoms with E-state index >= 15 is 0 Å². The smallest absolute Gasteiger partial charge is 0.275 e. The van der Waals surface area contributed by atoms with E-state index in [1.807, 2.05) is 45.8 Å². The van der Waals surface area contributed by atoms with E-state index in [1.165, 1.54) is 0 Å². The van der Waals surface area contributed by atoms with Gasteiger partial charge in [-0.2, -0.15) is 10.2 Å². The van der Waals surface area contributed by atoms with Gasteiger partial charge in [0.05, 0.1) is 24.4 Å². The van der Waals surface area contributed by atoms with Crippen molar-refractivity contribution >= 4 is 22.7 Å². The first-order valence-electron chi connectivity index (χ1n) is 10.7. The predicted molar refractivity (Wildman–Crippen MR) is 113 cm³/mol. The molecule has 1 fully saturated rings. The number of H-pyrrole nitrogens is 1. The average Bonchev–Trinajstić information content (AvgIpc) is 3.38. The Labute approximate surface area is 179 Å². The SMILES string of the molecule is Cn1nc(CCC(=O)N2CCOCC2)c2c1CCN(C(=O)c1n[nH]c3ccccc13)C2. The summed E-state index contributed by atoms with van der Waals surface area (Å²) in [6.45, 7) is 3.62. The second-order valence-electron chi connectivity index (χ2n) is 8.08. The second-order valence-corrected chi connectivity index (χ2v) is 8.08. The van der Waals surface area contributed by atoms with Crippen LogP contribution in [0, 0.1) is 0 Å². The first-order valence-corrected chi connectivity index (χ1v) is 10.7. The van der Waals surface area contributed by atoms with Crippen molar-refractivity contribution in [3.63, 3.8) is 0 Å². The molecule has 2 amide bonds. The average molecular weight is 422 g/mol. The summed E-state index contributed by atoms with van der Waals surface area (Å²) in [6, 6.07) is 7.65. The number of hydrogen-bond acceptors (Lipinski definition) is 5. The lowest BCUT2D eigenvalue weighted by Crippen LogP contribution is -2.40. The summed E-state index contributed by atoms with van der Waals surface area (Å²) in [5.74, 6) is 0.0525. The molecule has 2 aromatic heterocycles. The first kappa shape index (κ1) is 19.7. The zero-order valence-electron chi connectivity index (χ0n) is 17.6. The van der Waals surface area contributed by atoms with Crippen molar-refractivity contribution in [3.8, 4) is 0 Å². The van der Waals surface area contributed by atoms with Gasteiger partial charge in [-0.25, -0.2) is 0 Å². The Hall–Kier alpha value is -3.20. The molecule has 9 nitrogen and oxygen atoms in total. The van der Waals surface area contributed by atoms with Crippen molar-refractivity contribution in [2.75, 3.05) is 32.8 Å². The quantitative estimate of drug-likeness (QED) is 0.683. The number of ether oxygens (including phenoxy) is 1. The number of nitrogens with zero attached hydrogens (tertiary/aromatic N) is 5. The largest absolute Gasteiger partial charge is 0.378 e. The number of nitrogens with one attached hydrogen (secondary N) is 1.